The third kappa shape index (κ3) is 3.27. The van der Waals surface area contributed by atoms with Crippen molar-refractivity contribution in [2.45, 2.75) is 4.90 Å². The predicted molar refractivity (Wildman–Crippen MR) is 72.7 cm³/mol. The summed E-state index contributed by atoms with van der Waals surface area (Å²) in [6, 6.07) is 7.74. The highest BCUT2D eigenvalue weighted by molar-refractivity contribution is 7.92. The van der Waals surface area contributed by atoms with E-state index in [4.69, 9.17) is 11.0 Å². The van der Waals surface area contributed by atoms with Gasteiger partial charge in [0, 0.05) is 5.69 Å². The Morgan fingerprint density at radius 1 is 1.14 bits per heavy atom. The number of halogens is 2. The van der Waals surface area contributed by atoms with Crippen LogP contribution < -0.4 is 10.5 Å². The van der Waals surface area contributed by atoms with Gasteiger partial charge in [0.15, 0.2) is 0 Å². The van der Waals surface area contributed by atoms with Crippen LogP contribution in [-0.2, 0) is 10.0 Å². The molecule has 2 aromatic rings. The lowest BCUT2D eigenvalue weighted by Crippen LogP contribution is -2.14. The topological polar surface area (TPSA) is 96.0 Å². The van der Waals surface area contributed by atoms with Crippen molar-refractivity contribution in [3.63, 3.8) is 0 Å². The lowest BCUT2D eigenvalue weighted by atomic mass is 10.2. The fourth-order valence-electron chi connectivity index (χ4n) is 1.61. The molecule has 8 heteroatoms. The summed E-state index contributed by atoms with van der Waals surface area (Å²) in [7, 11) is -4.19. The van der Waals surface area contributed by atoms with E-state index in [0.29, 0.717) is 0 Å². The second-order valence-corrected chi connectivity index (χ2v) is 5.81. The minimum absolute atomic E-state index is 0.0467. The zero-order valence-corrected chi connectivity index (χ0v) is 11.3. The van der Waals surface area contributed by atoms with Gasteiger partial charge in [0.25, 0.3) is 10.0 Å². The van der Waals surface area contributed by atoms with Crippen molar-refractivity contribution in [1.29, 1.82) is 5.26 Å². The van der Waals surface area contributed by atoms with Gasteiger partial charge in [0.2, 0.25) is 0 Å². The maximum absolute atomic E-state index is 13.7. The average molecular weight is 309 g/mol. The Kier molecular flexibility index (Phi) is 3.78. The highest BCUT2D eigenvalue weighted by Gasteiger charge is 2.18. The maximum atomic E-state index is 13.7. The van der Waals surface area contributed by atoms with E-state index in [-0.39, 0.29) is 16.9 Å². The van der Waals surface area contributed by atoms with Gasteiger partial charge in [-0.3, -0.25) is 4.72 Å². The number of nitriles is 1. The van der Waals surface area contributed by atoms with Crippen LogP contribution in [0.25, 0.3) is 0 Å². The molecule has 0 saturated heterocycles. The van der Waals surface area contributed by atoms with Gasteiger partial charge < -0.3 is 5.73 Å². The van der Waals surface area contributed by atoms with E-state index in [1.807, 2.05) is 4.72 Å². The minimum atomic E-state index is -4.19. The lowest BCUT2D eigenvalue weighted by molar-refractivity contribution is 0.593. The Labute approximate surface area is 119 Å². The summed E-state index contributed by atoms with van der Waals surface area (Å²) in [5.74, 6) is -1.74. The Morgan fingerprint density at radius 3 is 2.43 bits per heavy atom. The molecule has 0 amide bonds. The van der Waals surface area contributed by atoms with Crippen LogP contribution in [0, 0.1) is 23.0 Å². The largest absolute Gasteiger partial charge is 0.399 e. The van der Waals surface area contributed by atoms with Crippen LogP contribution in [0.1, 0.15) is 5.56 Å². The molecule has 0 fully saturated rings. The lowest BCUT2D eigenvalue weighted by Gasteiger charge is -2.09. The molecule has 0 aliphatic heterocycles. The molecular weight excluding hydrogens is 300 g/mol. The van der Waals surface area contributed by atoms with Crippen LogP contribution in [0.5, 0.6) is 0 Å². The fraction of sp³-hybridized carbons (Fsp3) is 0. The number of nitrogens with two attached hydrogens (primary N) is 1. The summed E-state index contributed by atoms with van der Waals surface area (Å²) in [6.45, 7) is 0. The van der Waals surface area contributed by atoms with Crippen LogP contribution in [-0.4, -0.2) is 8.42 Å². The van der Waals surface area contributed by atoms with Gasteiger partial charge >= 0.3 is 0 Å². The van der Waals surface area contributed by atoms with Gasteiger partial charge in [-0.25, -0.2) is 17.2 Å². The van der Waals surface area contributed by atoms with Crippen LogP contribution >= 0.6 is 0 Å². The molecule has 0 aliphatic rings. The SMILES string of the molecule is N#Cc1ccc(NS(=O)(=O)c2cc(N)cc(F)c2)c(F)c1. The second-order valence-electron chi connectivity index (χ2n) is 4.13. The Balaban J connectivity index is 2.40. The molecule has 5 nitrogen and oxygen atoms in total. The minimum Gasteiger partial charge on any atom is -0.399 e. The Morgan fingerprint density at radius 2 is 1.86 bits per heavy atom. The summed E-state index contributed by atoms with van der Waals surface area (Å²) >= 11 is 0. The third-order valence-corrected chi connectivity index (χ3v) is 3.89. The number of anilines is 2. The molecule has 2 aromatic carbocycles. The van der Waals surface area contributed by atoms with Crippen LogP contribution in [0.15, 0.2) is 41.3 Å². The van der Waals surface area contributed by atoms with E-state index in [0.717, 1.165) is 30.3 Å². The van der Waals surface area contributed by atoms with Crippen LogP contribution in [0.3, 0.4) is 0 Å². The second kappa shape index (κ2) is 5.38. The Bertz CT molecular complexity index is 825. The van der Waals surface area contributed by atoms with Gasteiger partial charge in [-0.1, -0.05) is 0 Å². The first-order valence-electron chi connectivity index (χ1n) is 5.60. The first-order chi connectivity index (χ1) is 9.81. The monoisotopic (exact) mass is 309 g/mol. The van der Waals surface area contributed by atoms with Gasteiger partial charge in [0.1, 0.15) is 11.6 Å². The molecule has 21 heavy (non-hydrogen) atoms. The molecule has 2 rings (SSSR count). The molecule has 0 aromatic heterocycles. The molecule has 0 radical (unpaired) electrons. The molecular formula is C13H9F2N3O2S. The summed E-state index contributed by atoms with van der Waals surface area (Å²) in [5.41, 5.74) is 5.00. The smallest absolute Gasteiger partial charge is 0.262 e. The van der Waals surface area contributed by atoms with E-state index >= 15 is 0 Å². The van der Waals surface area contributed by atoms with Crippen molar-refractivity contribution >= 4 is 21.4 Å². The maximum Gasteiger partial charge on any atom is 0.262 e. The number of hydrogen-bond acceptors (Lipinski definition) is 4. The first kappa shape index (κ1) is 14.7. The highest BCUT2D eigenvalue weighted by atomic mass is 32.2. The summed E-state index contributed by atoms with van der Waals surface area (Å²) in [6.07, 6.45) is 0. The predicted octanol–water partition coefficient (Wildman–Crippen LogP) is 2.22. The molecule has 0 saturated carbocycles. The number of hydrogen-bond donors (Lipinski definition) is 2. The highest BCUT2D eigenvalue weighted by Crippen LogP contribution is 2.22. The number of sulfonamides is 1. The normalized spacial score (nSPS) is 10.9. The number of nitrogens with zero attached hydrogens (tertiary/aromatic N) is 1. The van der Waals surface area contributed by atoms with Gasteiger partial charge in [-0.15, -0.1) is 0 Å². The first-order valence-corrected chi connectivity index (χ1v) is 7.09. The van der Waals surface area contributed by atoms with Crippen molar-refractivity contribution in [1.82, 2.24) is 0 Å². The van der Waals surface area contributed by atoms with E-state index in [1.165, 1.54) is 6.07 Å². The van der Waals surface area contributed by atoms with Gasteiger partial charge in [0.05, 0.1) is 22.2 Å². The molecule has 0 heterocycles. The van der Waals surface area contributed by atoms with Crippen molar-refractivity contribution in [2.75, 3.05) is 10.5 Å². The zero-order chi connectivity index (χ0) is 15.6. The van der Waals surface area contributed by atoms with E-state index < -0.39 is 26.6 Å². The summed E-state index contributed by atoms with van der Waals surface area (Å²) in [5, 5.41) is 8.61. The molecule has 0 aliphatic carbocycles. The number of nitrogen functional groups attached to an aromatic ring is 1. The van der Waals surface area contributed by atoms with Crippen molar-refractivity contribution in [3.05, 3.63) is 53.6 Å². The Hall–Kier alpha value is -2.66. The standard InChI is InChI=1S/C13H9F2N3O2S/c14-9-4-10(17)6-11(5-9)21(19,20)18-13-2-1-8(7-16)3-12(13)15/h1-6,18H,17H2. The van der Waals surface area contributed by atoms with Gasteiger partial charge in [-0.05, 0) is 36.4 Å². The third-order valence-electron chi connectivity index (χ3n) is 2.55. The van der Waals surface area contributed by atoms with Crippen molar-refractivity contribution < 1.29 is 17.2 Å². The van der Waals surface area contributed by atoms with E-state index in [9.17, 15) is 17.2 Å². The number of rotatable bonds is 3. The molecule has 0 bridgehead atoms. The molecule has 0 spiro atoms. The molecule has 0 unspecified atom stereocenters. The zero-order valence-electron chi connectivity index (χ0n) is 10.5. The molecule has 0 atom stereocenters. The molecule has 3 N–H and O–H groups in total. The van der Waals surface area contributed by atoms with Crippen LogP contribution in [0.2, 0.25) is 0 Å². The van der Waals surface area contributed by atoms with Crippen molar-refractivity contribution in [3.8, 4) is 6.07 Å². The quantitative estimate of drug-likeness (QED) is 0.850. The van der Waals surface area contributed by atoms with E-state index in [1.54, 1.807) is 6.07 Å². The fourth-order valence-corrected chi connectivity index (χ4v) is 2.74. The van der Waals surface area contributed by atoms with Crippen molar-refractivity contribution in [2.24, 2.45) is 0 Å². The summed E-state index contributed by atoms with van der Waals surface area (Å²) in [4.78, 5) is -0.427. The number of nitrogens with one attached hydrogen (secondary N) is 1. The van der Waals surface area contributed by atoms with Gasteiger partial charge in [-0.2, -0.15) is 5.26 Å². The number of benzene rings is 2. The van der Waals surface area contributed by atoms with E-state index in [2.05, 4.69) is 0 Å². The molecule has 108 valence electrons. The van der Waals surface area contributed by atoms with Crippen LogP contribution in [0.4, 0.5) is 20.2 Å². The average Bonchev–Trinajstić information content (AvgIpc) is 2.40. The summed E-state index contributed by atoms with van der Waals surface area (Å²) < 4.78 is 52.9.